The normalized spacial score (nSPS) is 19.1. The van der Waals surface area contributed by atoms with Crippen molar-refractivity contribution in [2.75, 3.05) is 32.1 Å². The maximum Gasteiger partial charge on any atom is 0.321 e. The van der Waals surface area contributed by atoms with Gasteiger partial charge in [-0.2, -0.15) is 0 Å². The number of carbonyl (C=O) groups excluding carboxylic acids is 1. The van der Waals surface area contributed by atoms with Crippen LogP contribution in [0.4, 0.5) is 10.5 Å². The molecule has 2 aliphatic rings. The van der Waals surface area contributed by atoms with Crippen molar-refractivity contribution >= 4 is 34.1 Å². The van der Waals surface area contributed by atoms with E-state index in [0.29, 0.717) is 10.9 Å². The Labute approximate surface area is 159 Å². The van der Waals surface area contributed by atoms with Gasteiger partial charge in [0.1, 0.15) is 0 Å². The van der Waals surface area contributed by atoms with Crippen molar-refractivity contribution in [3.05, 3.63) is 40.9 Å². The van der Waals surface area contributed by atoms with E-state index in [4.69, 9.17) is 16.3 Å². The van der Waals surface area contributed by atoms with Crippen LogP contribution in [0.15, 0.2) is 30.3 Å². The number of aryl methyl sites for hydroxylation is 1. The number of hydrogen-bond acceptors (Lipinski definition) is 2. The molecule has 0 radical (unpaired) electrons. The van der Waals surface area contributed by atoms with Gasteiger partial charge in [-0.3, -0.25) is 0 Å². The van der Waals surface area contributed by atoms with Crippen molar-refractivity contribution < 1.29 is 9.53 Å². The number of rotatable bonds is 4. The molecule has 1 saturated carbocycles. The van der Waals surface area contributed by atoms with Gasteiger partial charge < -0.3 is 15.0 Å². The second kappa shape index (κ2) is 6.75. The first-order valence-corrected chi connectivity index (χ1v) is 9.64. The maximum absolute atomic E-state index is 12.8. The summed E-state index contributed by atoms with van der Waals surface area (Å²) < 4.78 is 5.47. The lowest BCUT2D eigenvalue weighted by molar-refractivity contribution is -0.0920. The average molecular weight is 373 g/mol. The van der Waals surface area contributed by atoms with Crippen LogP contribution in [0.3, 0.4) is 0 Å². The molecule has 138 valence electrons. The van der Waals surface area contributed by atoms with Gasteiger partial charge in [0.05, 0.1) is 12.3 Å². The highest BCUT2D eigenvalue weighted by Crippen LogP contribution is 2.48. The molecule has 4 rings (SSSR count). The Morgan fingerprint density at radius 3 is 2.62 bits per heavy atom. The first-order chi connectivity index (χ1) is 12.5. The van der Waals surface area contributed by atoms with Gasteiger partial charge in [-0.25, -0.2) is 4.79 Å². The number of urea groups is 1. The summed E-state index contributed by atoms with van der Waals surface area (Å²) in [4.78, 5) is 14.7. The van der Waals surface area contributed by atoms with Crippen molar-refractivity contribution in [3.63, 3.8) is 0 Å². The number of ether oxygens (including phenoxy) is 1. The van der Waals surface area contributed by atoms with Gasteiger partial charge in [0.15, 0.2) is 0 Å². The maximum atomic E-state index is 12.8. The number of likely N-dealkylation sites (tertiary alicyclic amines) is 1. The first kappa shape index (κ1) is 17.6. The lowest BCUT2D eigenvalue weighted by Gasteiger charge is -2.56. The molecule has 0 bridgehead atoms. The smallest absolute Gasteiger partial charge is 0.321 e. The van der Waals surface area contributed by atoms with Crippen LogP contribution in [0.5, 0.6) is 0 Å². The molecule has 1 aliphatic carbocycles. The highest BCUT2D eigenvalue weighted by molar-refractivity contribution is 6.36. The van der Waals surface area contributed by atoms with E-state index in [2.05, 4.69) is 5.32 Å². The molecule has 1 N–H and O–H groups in total. The van der Waals surface area contributed by atoms with Crippen LogP contribution in [0.2, 0.25) is 5.02 Å². The Balaban J connectivity index is 1.52. The van der Waals surface area contributed by atoms with Crippen LogP contribution in [0.1, 0.15) is 24.8 Å². The third-order valence-electron chi connectivity index (χ3n) is 6.12. The zero-order valence-corrected chi connectivity index (χ0v) is 16.1. The van der Waals surface area contributed by atoms with E-state index < -0.39 is 0 Å². The van der Waals surface area contributed by atoms with E-state index in [0.717, 1.165) is 41.7 Å². The van der Waals surface area contributed by atoms with E-state index in [1.807, 2.05) is 42.2 Å². The van der Waals surface area contributed by atoms with Gasteiger partial charge in [0.2, 0.25) is 0 Å². The van der Waals surface area contributed by atoms with Gasteiger partial charge >= 0.3 is 6.03 Å². The number of hydrogen-bond donors (Lipinski definition) is 1. The zero-order chi connectivity index (χ0) is 18.3. The van der Waals surface area contributed by atoms with Gasteiger partial charge in [-0.15, -0.1) is 0 Å². The summed E-state index contributed by atoms with van der Waals surface area (Å²) in [6.07, 6.45) is 3.83. The predicted molar refractivity (Wildman–Crippen MR) is 106 cm³/mol. The summed E-state index contributed by atoms with van der Waals surface area (Å²) in [6.45, 7) is 4.28. The monoisotopic (exact) mass is 372 g/mol. The minimum Gasteiger partial charge on any atom is -0.384 e. The first-order valence-electron chi connectivity index (χ1n) is 9.27. The Hall–Kier alpha value is -1.78. The molecule has 26 heavy (non-hydrogen) atoms. The summed E-state index contributed by atoms with van der Waals surface area (Å²) in [5.74, 6) is 0.699. The summed E-state index contributed by atoms with van der Waals surface area (Å²) in [6, 6.07) is 9.80. The standard InChI is InChI=1S/C21H25ClN2O2/c1-14-10-18(22)16-8-3-4-9-17(16)19(14)23-20(25)24-11-21(12-24,13-26-2)15-6-5-7-15/h3-4,8-10,15H,5-7,11-13H2,1-2H3,(H,23,25). The fourth-order valence-electron chi connectivity index (χ4n) is 4.45. The Morgan fingerprint density at radius 2 is 2.00 bits per heavy atom. The summed E-state index contributed by atoms with van der Waals surface area (Å²) in [7, 11) is 1.76. The molecular weight excluding hydrogens is 348 g/mol. The SMILES string of the molecule is COCC1(C2CCC2)CN(C(=O)Nc2c(C)cc(Cl)c3ccccc23)C1. The number of nitrogens with zero attached hydrogens (tertiary/aromatic N) is 1. The topological polar surface area (TPSA) is 41.6 Å². The Kier molecular flexibility index (Phi) is 4.57. The molecule has 0 unspecified atom stereocenters. The second-order valence-corrected chi connectivity index (χ2v) is 8.21. The summed E-state index contributed by atoms with van der Waals surface area (Å²) in [5, 5.41) is 5.78. The molecule has 2 fully saturated rings. The zero-order valence-electron chi connectivity index (χ0n) is 15.3. The minimum atomic E-state index is -0.0355. The number of carbonyl (C=O) groups is 1. The van der Waals surface area contributed by atoms with Gasteiger partial charge in [0.25, 0.3) is 0 Å². The number of fused-ring (bicyclic) bond motifs is 1. The fourth-order valence-corrected chi connectivity index (χ4v) is 4.78. The Morgan fingerprint density at radius 1 is 1.31 bits per heavy atom. The van der Waals surface area contributed by atoms with Crippen LogP contribution in [0, 0.1) is 18.3 Å². The van der Waals surface area contributed by atoms with Crippen LogP contribution in [-0.2, 0) is 4.74 Å². The molecule has 2 amide bonds. The van der Waals surface area contributed by atoms with Gasteiger partial charge in [0, 0.05) is 41.4 Å². The highest BCUT2D eigenvalue weighted by Gasteiger charge is 2.52. The van der Waals surface area contributed by atoms with Crippen LogP contribution >= 0.6 is 11.6 Å². The summed E-state index contributed by atoms with van der Waals surface area (Å²) in [5.41, 5.74) is 1.98. The van der Waals surface area contributed by atoms with Crippen molar-refractivity contribution in [1.82, 2.24) is 4.90 Å². The van der Waals surface area contributed by atoms with E-state index in [1.165, 1.54) is 19.3 Å². The van der Waals surface area contributed by atoms with Crippen LogP contribution in [-0.4, -0.2) is 37.7 Å². The van der Waals surface area contributed by atoms with E-state index in [-0.39, 0.29) is 11.4 Å². The highest BCUT2D eigenvalue weighted by atomic mass is 35.5. The number of nitrogens with one attached hydrogen (secondary N) is 1. The molecule has 0 spiro atoms. The van der Waals surface area contributed by atoms with Crippen molar-refractivity contribution in [2.24, 2.45) is 11.3 Å². The number of methoxy groups -OCH3 is 1. The molecule has 0 aromatic heterocycles. The lowest BCUT2D eigenvalue weighted by atomic mass is 9.61. The van der Waals surface area contributed by atoms with Gasteiger partial charge in [-0.1, -0.05) is 42.3 Å². The molecule has 0 atom stereocenters. The number of amides is 2. The predicted octanol–water partition coefficient (Wildman–Crippen LogP) is 5.08. The van der Waals surface area contributed by atoms with Crippen molar-refractivity contribution in [1.29, 1.82) is 0 Å². The molecule has 1 aliphatic heterocycles. The number of halogens is 1. The van der Waals surface area contributed by atoms with Gasteiger partial charge in [-0.05, 0) is 37.3 Å². The molecule has 4 nitrogen and oxygen atoms in total. The molecule has 5 heteroatoms. The largest absolute Gasteiger partial charge is 0.384 e. The number of anilines is 1. The molecule has 1 heterocycles. The van der Waals surface area contributed by atoms with Crippen LogP contribution in [0.25, 0.3) is 10.8 Å². The van der Waals surface area contributed by atoms with Crippen LogP contribution < -0.4 is 5.32 Å². The van der Waals surface area contributed by atoms with E-state index in [1.54, 1.807) is 7.11 Å². The van der Waals surface area contributed by atoms with Crippen molar-refractivity contribution in [2.45, 2.75) is 26.2 Å². The average Bonchev–Trinajstić information content (AvgIpc) is 2.54. The summed E-state index contributed by atoms with van der Waals surface area (Å²) >= 11 is 6.36. The number of benzene rings is 2. The third-order valence-corrected chi connectivity index (χ3v) is 6.44. The molecule has 1 saturated heterocycles. The molecular formula is C21H25ClN2O2. The fraction of sp³-hybridized carbons (Fsp3) is 0.476. The quantitative estimate of drug-likeness (QED) is 0.812. The minimum absolute atomic E-state index is 0.0355. The lowest BCUT2D eigenvalue weighted by Crippen LogP contribution is -2.65. The molecule has 2 aromatic rings. The Bertz CT molecular complexity index is 841. The van der Waals surface area contributed by atoms with E-state index >= 15 is 0 Å². The second-order valence-electron chi connectivity index (χ2n) is 7.81. The van der Waals surface area contributed by atoms with Crippen molar-refractivity contribution in [3.8, 4) is 0 Å². The van der Waals surface area contributed by atoms with E-state index in [9.17, 15) is 4.79 Å². The molecule has 2 aromatic carbocycles. The third kappa shape index (κ3) is 2.85.